The number of nitrogens with zero attached hydrogens (tertiary/aromatic N) is 1. The maximum atomic E-state index is 3.63. The number of rotatable bonds is 6. The molecule has 0 unspecified atom stereocenters. The first-order valence-electron chi connectivity index (χ1n) is 16.7. The minimum Gasteiger partial charge on any atom is -0.310 e. The summed E-state index contributed by atoms with van der Waals surface area (Å²) in [5, 5.41) is 2.44. The Balaban J connectivity index is 1.34. The van der Waals surface area contributed by atoms with Crippen LogP contribution in [0.25, 0.3) is 33.0 Å². The van der Waals surface area contributed by atoms with Crippen LogP contribution in [-0.2, 0) is 5.41 Å². The molecule has 0 bridgehead atoms. The van der Waals surface area contributed by atoms with Gasteiger partial charge in [-0.05, 0) is 98.4 Å². The quantitative estimate of drug-likeness (QED) is 0.168. The summed E-state index contributed by atoms with van der Waals surface area (Å²) >= 11 is 3.63. The van der Waals surface area contributed by atoms with E-state index in [-0.39, 0.29) is 0 Å². The Morgan fingerprint density at radius 2 is 1.02 bits per heavy atom. The van der Waals surface area contributed by atoms with E-state index < -0.39 is 5.41 Å². The number of anilines is 3. The molecule has 1 aliphatic rings. The zero-order valence-electron chi connectivity index (χ0n) is 26.8. The molecule has 0 N–H and O–H groups in total. The predicted molar refractivity (Wildman–Crippen MR) is 209 cm³/mol. The van der Waals surface area contributed by atoms with Gasteiger partial charge < -0.3 is 4.90 Å². The predicted octanol–water partition coefficient (Wildman–Crippen LogP) is 13.1. The highest BCUT2D eigenvalue weighted by Crippen LogP contribution is 2.58. The first-order valence-corrected chi connectivity index (χ1v) is 17.5. The van der Waals surface area contributed by atoms with E-state index in [4.69, 9.17) is 0 Å². The van der Waals surface area contributed by atoms with Gasteiger partial charge in [0.25, 0.3) is 0 Å². The third kappa shape index (κ3) is 4.83. The molecule has 8 aromatic carbocycles. The van der Waals surface area contributed by atoms with Crippen LogP contribution in [0.15, 0.2) is 199 Å². The van der Waals surface area contributed by atoms with Gasteiger partial charge in [-0.1, -0.05) is 162 Å². The molecule has 2 heteroatoms. The van der Waals surface area contributed by atoms with E-state index >= 15 is 0 Å². The van der Waals surface area contributed by atoms with Gasteiger partial charge >= 0.3 is 0 Å². The highest BCUT2D eigenvalue weighted by Gasteiger charge is 2.46. The van der Waals surface area contributed by atoms with Crippen LogP contribution in [0.3, 0.4) is 0 Å². The lowest BCUT2D eigenvalue weighted by molar-refractivity contribution is 0.769. The van der Waals surface area contributed by atoms with Crippen LogP contribution in [0.5, 0.6) is 0 Å². The van der Waals surface area contributed by atoms with Gasteiger partial charge in [0.1, 0.15) is 0 Å². The first kappa shape index (κ1) is 29.4. The number of hydrogen-bond donors (Lipinski definition) is 0. The van der Waals surface area contributed by atoms with E-state index in [0.29, 0.717) is 0 Å². The molecule has 0 fully saturated rings. The monoisotopic (exact) mass is 689 g/mol. The third-order valence-electron chi connectivity index (χ3n) is 9.99. The Bertz CT molecular complexity index is 2390. The zero-order valence-corrected chi connectivity index (χ0v) is 28.4. The van der Waals surface area contributed by atoms with Crippen molar-refractivity contribution in [1.29, 1.82) is 0 Å². The smallest absolute Gasteiger partial charge is 0.0713 e. The van der Waals surface area contributed by atoms with Crippen molar-refractivity contribution < 1.29 is 0 Å². The second-order valence-corrected chi connectivity index (χ2v) is 13.6. The second-order valence-electron chi connectivity index (χ2n) is 12.6. The van der Waals surface area contributed by atoms with E-state index in [1.807, 2.05) is 0 Å². The Morgan fingerprint density at radius 3 is 1.73 bits per heavy atom. The maximum Gasteiger partial charge on any atom is 0.0713 e. The van der Waals surface area contributed by atoms with Gasteiger partial charge in [0.15, 0.2) is 0 Å². The van der Waals surface area contributed by atoms with E-state index in [1.165, 1.54) is 55.3 Å². The molecule has 8 aromatic rings. The summed E-state index contributed by atoms with van der Waals surface area (Å²) in [5.41, 5.74) is 12.9. The van der Waals surface area contributed by atoms with Crippen molar-refractivity contribution in [1.82, 2.24) is 0 Å². The van der Waals surface area contributed by atoms with Crippen LogP contribution >= 0.6 is 15.9 Å². The molecule has 0 amide bonds. The average molecular weight is 691 g/mol. The van der Waals surface area contributed by atoms with Crippen LogP contribution in [-0.4, -0.2) is 0 Å². The van der Waals surface area contributed by atoms with Gasteiger partial charge in [-0.2, -0.15) is 0 Å². The average Bonchev–Trinajstić information content (AvgIpc) is 3.46. The molecule has 0 atom stereocenters. The molecule has 0 radical (unpaired) electrons. The number of para-hydroxylation sites is 1. The summed E-state index contributed by atoms with van der Waals surface area (Å²) in [4.78, 5) is 2.41. The van der Waals surface area contributed by atoms with Crippen LogP contribution in [0.4, 0.5) is 17.1 Å². The molecule has 1 nitrogen and oxygen atoms in total. The summed E-state index contributed by atoms with van der Waals surface area (Å²) < 4.78 is 1.08. The highest BCUT2D eigenvalue weighted by molar-refractivity contribution is 9.10. The highest BCUT2D eigenvalue weighted by atomic mass is 79.9. The van der Waals surface area contributed by atoms with Crippen LogP contribution in [0, 0.1) is 0 Å². The van der Waals surface area contributed by atoms with Crippen molar-refractivity contribution in [2.24, 2.45) is 0 Å². The summed E-state index contributed by atoms with van der Waals surface area (Å²) in [6.07, 6.45) is 0. The fourth-order valence-electron chi connectivity index (χ4n) is 7.85. The molecule has 232 valence electrons. The largest absolute Gasteiger partial charge is 0.310 e. The Labute approximate surface area is 295 Å². The normalized spacial score (nSPS) is 12.8. The van der Waals surface area contributed by atoms with E-state index in [1.54, 1.807) is 0 Å². The fraction of sp³-hybridized carbons (Fsp3) is 0.0213. The third-order valence-corrected chi connectivity index (χ3v) is 10.5. The van der Waals surface area contributed by atoms with Crippen LogP contribution < -0.4 is 4.90 Å². The molecule has 9 rings (SSSR count). The SMILES string of the molecule is Brc1ccc(-c2ccc3c(c2)C(c2ccccc2)(c2ccccc2)c2ccc(N(c4ccccc4)c4cccc5ccccc45)cc2-3)cc1. The lowest BCUT2D eigenvalue weighted by Gasteiger charge is -2.34. The number of halogens is 1. The Hall–Kier alpha value is -5.70. The molecule has 0 saturated carbocycles. The number of fused-ring (bicyclic) bond motifs is 4. The van der Waals surface area contributed by atoms with Crippen molar-refractivity contribution in [2.75, 3.05) is 4.90 Å². The fourth-order valence-corrected chi connectivity index (χ4v) is 8.11. The summed E-state index contributed by atoms with van der Waals surface area (Å²) in [6.45, 7) is 0. The lowest BCUT2D eigenvalue weighted by Crippen LogP contribution is -2.28. The molecule has 0 aliphatic heterocycles. The molecule has 0 spiro atoms. The minimum absolute atomic E-state index is 0.492. The van der Waals surface area contributed by atoms with Crippen molar-refractivity contribution in [3.63, 3.8) is 0 Å². The lowest BCUT2D eigenvalue weighted by atomic mass is 9.67. The topological polar surface area (TPSA) is 3.24 Å². The van der Waals surface area contributed by atoms with Crippen molar-refractivity contribution in [3.8, 4) is 22.3 Å². The molecule has 0 saturated heterocycles. The summed E-state index contributed by atoms with van der Waals surface area (Å²) in [6, 6.07) is 70.8. The summed E-state index contributed by atoms with van der Waals surface area (Å²) in [5.74, 6) is 0. The van der Waals surface area contributed by atoms with Crippen molar-refractivity contribution in [2.45, 2.75) is 5.41 Å². The maximum absolute atomic E-state index is 3.63. The van der Waals surface area contributed by atoms with Gasteiger partial charge in [-0.25, -0.2) is 0 Å². The van der Waals surface area contributed by atoms with E-state index in [0.717, 1.165) is 21.5 Å². The van der Waals surface area contributed by atoms with Gasteiger partial charge in [0, 0.05) is 21.2 Å². The number of hydrogen-bond acceptors (Lipinski definition) is 1. The first-order chi connectivity index (χ1) is 24.2. The van der Waals surface area contributed by atoms with Gasteiger partial charge in [0.05, 0.1) is 11.1 Å². The van der Waals surface area contributed by atoms with Gasteiger partial charge in [-0.15, -0.1) is 0 Å². The number of benzene rings is 8. The minimum atomic E-state index is -0.492. The van der Waals surface area contributed by atoms with Crippen molar-refractivity contribution >= 4 is 43.8 Å². The standard InChI is InChI=1S/C47H32BrN/c48-38-26-23-33(24-27-38)35-25-29-42-43-32-40(49(39-19-8-3-9-20-39)46-22-12-14-34-13-10-11-21-41(34)46)28-30-44(43)47(45(42)31-35,36-15-4-1-5-16-36)37-17-6-2-7-18-37/h1-32H. The van der Waals surface area contributed by atoms with Crippen molar-refractivity contribution in [3.05, 3.63) is 221 Å². The molecule has 0 aromatic heterocycles. The molecular weight excluding hydrogens is 658 g/mol. The molecule has 0 heterocycles. The molecule has 1 aliphatic carbocycles. The Morgan fingerprint density at radius 1 is 0.408 bits per heavy atom. The Kier molecular flexibility index (Phi) is 7.25. The summed E-state index contributed by atoms with van der Waals surface area (Å²) in [7, 11) is 0. The van der Waals surface area contributed by atoms with E-state index in [2.05, 4.69) is 215 Å². The molecule has 49 heavy (non-hydrogen) atoms. The van der Waals surface area contributed by atoms with Crippen LogP contribution in [0.1, 0.15) is 22.3 Å². The molecular formula is C47H32BrN. The van der Waals surface area contributed by atoms with Gasteiger partial charge in [-0.3, -0.25) is 0 Å². The van der Waals surface area contributed by atoms with Gasteiger partial charge in [0.2, 0.25) is 0 Å². The zero-order chi connectivity index (χ0) is 32.8. The second kappa shape index (κ2) is 12.1. The van der Waals surface area contributed by atoms with Crippen LogP contribution in [0.2, 0.25) is 0 Å². The van der Waals surface area contributed by atoms with E-state index in [9.17, 15) is 0 Å².